The van der Waals surface area contributed by atoms with Crippen LogP contribution in [0.15, 0.2) is 42.6 Å². The minimum atomic E-state index is -0.0269. The van der Waals surface area contributed by atoms with Crippen molar-refractivity contribution in [2.45, 2.75) is 77.0 Å². The molecule has 4 fully saturated rings. The molecule has 1 aromatic heterocycles. The van der Waals surface area contributed by atoms with Gasteiger partial charge in [0.25, 0.3) is 0 Å². The van der Waals surface area contributed by atoms with Crippen LogP contribution in [0.2, 0.25) is 0 Å². The molecule has 1 heterocycles. The predicted octanol–water partition coefficient (Wildman–Crippen LogP) is 7.15. The van der Waals surface area contributed by atoms with Gasteiger partial charge in [0.05, 0.1) is 5.69 Å². The van der Waals surface area contributed by atoms with Crippen molar-refractivity contribution in [2.24, 2.45) is 23.2 Å². The first-order valence-corrected chi connectivity index (χ1v) is 13.5. The van der Waals surface area contributed by atoms with Crippen LogP contribution in [0.3, 0.4) is 0 Å². The molecule has 5 aliphatic carbocycles. The molecule has 0 amide bonds. The Kier molecular flexibility index (Phi) is 4.57. The van der Waals surface area contributed by atoms with Gasteiger partial charge in [-0.15, -0.1) is 0 Å². The average molecular weight is 466 g/mol. The van der Waals surface area contributed by atoms with Gasteiger partial charge in [-0.1, -0.05) is 38.1 Å². The summed E-state index contributed by atoms with van der Waals surface area (Å²) in [5.74, 6) is 3.30. The number of hydrogen-bond acceptors (Lipinski definition) is 3. The van der Waals surface area contributed by atoms with Gasteiger partial charge in [-0.3, -0.25) is 9.78 Å². The van der Waals surface area contributed by atoms with Gasteiger partial charge in [0.15, 0.2) is 5.78 Å². The Hall–Kier alpha value is -2.68. The molecule has 0 saturated heterocycles. The second-order valence-electron chi connectivity index (χ2n) is 13.2. The van der Waals surface area contributed by atoms with Gasteiger partial charge in [-0.2, -0.15) is 0 Å². The Morgan fingerprint density at radius 3 is 2.37 bits per heavy atom. The van der Waals surface area contributed by atoms with E-state index in [4.69, 9.17) is 0 Å². The molecule has 0 unspecified atom stereocenters. The molecule has 1 N–H and O–H groups in total. The number of benzene rings is 2. The van der Waals surface area contributed by atoms with E-state index in [2.05, 4.69) is 43.1 Å². The molecule has 3 aromatic rings. The normalized spacial score (nSPS) is 30.6. The highest BCUT2D eigenvalue weighted by molar-refractivity contribution is 5.98. The number of aromatic nitrogens is 1. The lowest BCUT2D eigenvalue weighted by Crippen LogP contribution is -2.48. The van der Waals surface area contributed by atoms with Crippen LogP contribution >= 0.6 is 0 Å². The predicted molar refractivity (Wildman–Crippen MR) is 139 cm³/mol. The van der Waals surface area contributed by atoms with Crippen LogP contribution in [0.5, 0.6) is 5.75 Å². The van der Waals surface area contributed by atoms with E-state index in [-0.39, 0.29) is 11.2 Å². The van der Waals surface area contributed by atoms with Crippen molar-refractivity contribution >= 4 is 16.6 Å². The number of carbonyl (C=O) groups excluding carboxylic acids is 1. The first-order valence-electron chi connectivity index (χ1n) is 13.5. The molecule has 3 nitrogen and oxygen atoms in total. The van der Waals surface area contributed by atoms with Gasteiger partial charge in [0, 0.05) is 30.2 Å². The minimum absolute atomic E-state index is 0.0269. The minimum Gasteiger partial charge on any atom is -0.508 e. The number of Topliss-reactive ketones (excluding diaryl/α,β-unsaturated/α-hetero) is 1. The second-order valence-corrected chi connectivity index (χ2v) is 13.2. The Bertz CT molecular complexity index is 1330. The third-order valence-corrected chi connectivity index (χ3v) is 9.75. The number of pyridine rings is 1. The van der Waals surface area contributed by atoms with Crippen molar-refractivity contribution in [3.8, 4) is 5.75 Å². The number of hydrogen-bond donors (Lipinski definition) is 1. The Labute approximate surface area is 208 Å². The first-order chi connectivity index (χ1) is 16.8. The number of phenolic OH excluding ortho intramolecular Hbond substituents is 1. The average Bonchev–Trinajstić information content (AvgIpc) is 2.79. The van der Waals surface area contributed by atoms with Crippen molar-refractivity contribution in [3.63, 3.8) is 0 Å². The molecule has 5 aliphatic rings. The fraction of sp³-hybridized carbons (Fsp3) is 0.500. The van der Waals surface area contributed by atoms with Crippen LogP contribution in [-0.2, 0) is 18.3 Å². The molecule has 8 rings (SSSR count). The number of carbonyl (C=O) groups is 1. The van der Waals surface area contributed by atoms with E-state index in [1.165, 1.54) is 49.5 Å². The van der Waals surface area contributed by atoms with E-state index in [1.54, 1.807) is 0 Å². The van der Waals surface area contributed by atoms with Crippen molar-refractivity contribution in [3.05, 3.63) is 70.5 Å². The summed E-state index contributed by atoms with van der Waals surface area (Å²) in [6, 6.07) is 13.0. The second kappa shape index (κ2) is 7.41. The maximum atomic E-state index is 12.8. The highest BCUT2D eigenvalue weighted by Crippen LogP contribution is 2.61. The number of fused-ring (bicyclic) bond motifs is 2. The molecule has 3 heteroatoms. The van der Waals surface area contributed by atoms with E-state index in [0.717, 1.165) is 51.9 Å². The van der Waals surface area contributed by atoms with Crippen molar-refractivity contribution in [2.75, 3.05) is 0 Å². The van der Waals surface area contributed by atoms with Crippen LogP contribution in [0, 0.1) is 23.2 Å². The molecule has 4 bridgehead atoms. The lowest BCUT2D eigenvalue weighted by atomic mass is 9.48. The molecule has 0 spiro atoms. The molecule has 4 saturated carbocycles. The monoisotopic (exact) mass is 465 g/mol. The molecular formula is C32H35NO2. The van der Waals surface area contributed by atoms with Gasteiger partial charge in [0.1, 0.15) is 5.75 Å². The zero-order valence-electron chi connectivity index (χ0n) is 20.9. The summed E-state index contributed by atoms with van der Waals surface area (Å²) >= 11 is 0. The van der Waals surface area contributed by atoms with Gasteiger partial charge in [-0.05, 0) is 108 Å². The number of nitrogens with zero attached hydrogens (tertiary/aromatic N) is 1. The standard InChI is InChI=1S/C32H35NO2/c1-31(2)16-28-27(30(35)17-31)11-22(18-33-28)10-26-25-5-4-24(12-23(25)3-6-29(26)34)32-13-19-7-20(14-32)9-21(8-19)15-32/h3-6,11-12,18-21,34H,7-10,13-17H2,1-2H3. The topological polar surface area (TPSA) is 50.2 Å². The Morgan fingerprint density at radius 2 is 1.66 bits per heavy atom. The van der Waals surface area contributed by atoms with E-state index in [0.29, 0.717) is 24.0 Å². The quantitative estimate of drug-likeness (QED) is 0.447. The molecule has 180 valence electrons. The van der Waals surface area contributed by atoms with Crippen LogP contribution in [-0.4, -0.2) is 15.9 Å². The van der Waals surface area contributed by atoms with Crippen molar-refractivity contribution in [1.29, 1.82) is 0 Å². The maximum absolute atomic E-state index is 12.8. The maximum Gasteiger partial charge on any atom is 0.165 e. The summed E-state index contributed by atoms with van der Waals surface area (Å²) in [7, 11) is 0. The summed E-state index contributed by atoms with van der Waals surface area (Å²) in [6.07, 6.45) is 12.3. The van der Waals surface area contributed by atoms with Crippen molar-refractivity contribution < 1.29 is 9.90 Å². The number of ketones is 1. The lowest BCUT2D eigenvalue weighted by Gasteiger charge is -2.57. The molecule has 2 aromatic carbocycles. The van der Waals surface area contributed by atoms with E-state index in [1.807, 2.05) is 18.3 Å². The Morgan fingerprint density at radius 1 is 0.943 bits per heavy atom. The summed E-state index contributed by atoms with van der Waals surface area (Å²) in [6.45, 7) is 4.27. The Balaban J connectivity index is 1.24. The SMILES string of the molecule is CC1(C)CC(=O)c2cc(Cc3c(O)ccc4cc(C56CC7CC(CC(C7)C5)C6)ccc34)cnc2C1. The van der Waals surface area contributed by atoms with E-state index in [9.17, 15) is 9.90 Å². The number of phenols is 1. The molecule has 35 heavy (non-hydrogen) atoms. The summed E-state index contributed by atoms with van der Waals surface area (Å²) in [4.78, 5) is 17.5. The van der Waals surface area contributed by atoms with Crippen molar-refractivity contribution in [1.82, 2.24) is 4.98 Å². The smallest absolute Gasteiger partial charge is 0.165 e. The van der Waals surface area contributed by atoms with Crippen LogP contribution in [0.1, 0.15) is 91.5 Å². The lowest BCUT2D eigenvalue weighted by molar-refractivity contribution is -0.00513. The van der Waals surface area contributed by atoms with Gasteiger partial charge in [0.2, 0.25) is 0 Å². The largest absolute Gasteiger partial charge is 0.508 e. The van der Waals surface area contributed by atoms with Gasteiger partial charge < -0.3 is 5.11 Å². The molecular weight excluding hydrogens is 430 g/mol. The summed E-state index contributed by atoms with van der Waals surface area (Å²) < 4.78 is 0. The summed E-state index contributed by atoms with van der Waals surface area (Å²) in [5, 5.41) is 13.2. The zero-order chi connectivity index (χ0) is 23.9. The molecule has 0 aliphatic heterocycles. The first kappa shape index (κ1) is 21.6. The fourth-order valence-electron chi connectivity index (χ4n) is 8.63. The number of aromatic hydroxyl groups is 1. The van der Waals surface area contributed by atoms with E-state index < -0.39 is 0 Å². The van der Waals surface area contributed by atoms with Crippen LogP contribution < -0.4 is 0 Å². The van der Waals surface area contributed by atoms with Crippen LogP contribution in [0.25, 0.3) is 10.8 Å². The highest BCUT2D eigenvalue weighted by atomic mass is 16.3. The summed E-state index contributed by atoms with van der Waals surface area (Å²) in [5.41, 5.74) is 5.47. The third kappa shape index (κ3) is 3.53. The zero-order valence-corrected chi connectivity index (χ0v) is 20.9. The fourth-order valence-corrected chi connectivity index (χ4v) is 8.63. The molecule has 0 radical (unpaired) electrons. The molecule has 0 atom stereocenters. The van der Waals surface area contributed by atoms with E-state index >= 15 is 0 Å². The third-order valence-electron chi connectivity index (χ3n) is 9.75. The van der Waals surface area contributed by atoms with Crippen LogP contribution in [0.4, 0.5) is 0 Å². The van der Waals surface area contributed by atoms with Gasteiger partial charge in [-0.25, -0.2) is 0 Å². The highest BCUT2D eigenvalue weighted by Gasteiger charge is 2.51. The number of rotatable bonds is 3. The van der Waals surface area contributed by atoms with Gasteiger partial charge >= 0.3 is 0 Å².